The minimum absolute atomic E-state index is 0.0888. The smallest absolute Gasteiger partial charge is 0.305 e. The first kappa shape index (κ1) is 14.1. The molecule has 7 nitrogen and oxygen atoms in total. The average Bonchev–Trinajstić information content (AvgIpc) is 2.77. The van der Waals surface area contributed by atoms with E-state index in [1.807, 2.05) is 6.92 Å². The fraction of sp³-hybridized carbons (Fsp3) is 0.636. The Morgan fingerprint density at radius 1 is 1.44 bits per heavy atom. The summed E-state index contributed by atoms with van der Waals surface area (Å²) in [5, 5.41) is 15.3. The highest BCUT2D eigenvalue weighted by Gasteiger charge is 2.24. The van der Waals surface area contributed by atoms with E-state index in [2.05, 4.69) is 15.2 Å². The molecule has 0 aliphatic carbocycles. The van der Waals surface area contributed by atoms with Crippen LogP contribution in [0.15, 0.2) is 0 Å². The maximum atomic E-state index is 12.1. The predicted octanol–water partition coefficient (Wildman–Crippen LogP) is 0.692. The van der Waals surface area contributed by atoms with Crippen LogP contribution in [0, 0.1) is 0 Å². The summed E-state index contributed by atoms with van der Waals surface area (Å²) in [5.41, 5.74) is 0. The monoisotopic (exact) mass is 254 g/mol. The summed E-state index contributed by atoms with van der Waals surface area (Å²) in [5.74, 6) is -0.550. The lowest BCUT2D eigenvalue weighted by molar-refractivity contribution is -0.138. The molecule has 1 aromatic rings. The Balaban J connectivity index is 2.81. The Morgan fingerprint density at radius 2 is 2.11 bits per heavy atom. The van der Waals surface area contributed by atoms with Crippen molar-refractivity contribution in [2.75, 3.05) is 6.54 Å². The van der Waals surface area contributed by atoms with Crippen molar-refractivity contribution in [3.63, 3.8) is 0 Å². The molecule has 18 heavy (non-hydrogen) atoms. The molecule has 0 saturated heterocycles. The quantitative estimate of drug-likeness (QED) is 0.778. The Hall–Kier alpha value is -1.92. The molecule has 7 heteroatoms. The maximum absolute atomic E-state index is 12.1. The highest BCUT2D eigenvalue weighted by molar-refractivity contribution is 5.90. The van der Waals surface area contributed by atoms with E-state index in [1.54, 1.807) is 13.8 Å². The summed E-state index contributed by atoms with van der Waals surface area (Å²) in [4.78, 5) is 28.3. The molecule has 1 atom stereocenters. The van der Waals surface area contributed by atoms with Gasteiger partial charge in [-0.1, -0.05) is 6.92 Å². The first-order chi connectivity index (χ1) is 8.49. The highest BCUT2D eigenvalue weighted by atomic mass is 16.4. The second kappa shape index (κ2) is 6.13. The lowest BCUT2D eigenvalue weighted by Gasteiger charge is -2.25. The van der Waals surface area contributed by atoms with Crippen molar-refractivity contribution in [3.8, 4) is 0 Å². The van der Waals surface area contributed by atoms with Gasteiger partial charge in [-0.15, -0.1) is 5.10 Å². The van der Waals surface area contributed by atoms with E-state index in [9.17, 15) is 9.59 Å². The van der Waals surface area contributed by atoms with Crippen LogP contribution in [0.25, 0.3) is 0 Å². The second-order valence-electron chi connectivity index (χ2n) is 4.00. The summed E-state index contributed by atoms with van der Waals surface area (Å²) in [6.45, 7) is 5.81. The van der Waals surface area contributed by atoms with Crippen molar-refractivity contribution in [1.29, 1.82) is 0 Å². The van der Waals surface area contributed by atoms with Crippen LogP contribution in [0.4, 0.5) is 0 Å². The summed E-state index contributed by atoms with van der Waals surface area (Å²) in [6.07, 6.45) is 0.571. The van der Waals surface area contributed by atoms with Crippen molar-refractivity contribution >= 4 is 11.9 Å². The molecule has 1 rings (SSSR count). The van der Waals surface area contributed by atoms with Gasteiger partial charge in [-0.25, -0.2) is 4.98 Å². The largest absolute Gasteiger partial charge is 0.481 e. The van der Waals surface area contributed by atoms with Crippen molar-refractivity contribution in [1.82, 2.24) is 20.1 Å². The van der Waals surface area contributed by atoms with E-state index in [4.69, 9.17) is 5.11 Å². The SMILES string of the molecule is CCc1nc(C(=O)N(CC)C(C)CC(=O)O)n[nH]1. The summed E-state index contributed by atoms with van der Waals surface area (Å²) < 4.78 is 0. The fourth-order valence-corrected chi connectivity index (χ4v) is 1.70. The number of amides is 1. The number of carbonyl (C=O) groups is 2. The van der Waals surface area contributed by atoms with Crippen molar-refractivity contribution in [2.45, 2.75) is 39.7 Å². The molecule has 0 fully saturated rings. The van der Waals surface area contributed by atoms with Gasteiger partial charge >= 0.3 is 5.97 Å². The standard InChI is InChI=1S/C11H18N4O3/c1-4-8-12-10(14-13-8)11(18)15(5-2)7(3)6-9(16)17/h7H,4-6H2,1-3H3,(H,16,17)(H,12,13,14). The number of carboxylic acid groups (broad SMARTS) is 1. The number of rotatable bonds is 6. The molecule has 0 radical (unpaired) electrons. The van der Waals surface area contributed by atoms with Crippen molar-refractivity contribution < 1.29 is 14.7 Å². The molecule has 0 bridgehead atoms. The Kier molecular flexibility index (Phi) is 4.82. The van der Waals surface area contributed by atoms with E-state index in [1.165, 1.54) is 4.90 Å². The molecule has 0 spiro atoms. The van der Waals surface area contributed by atoms with Gasteiger partial charge in [0.15, 0.2) is 0 Å². The normalized spacial score (nSPS) is 12.2. The number of aliphatic carboxylic acids is 1. The Labute approximate surface area is 105 Å². The maximum Gasteiger partial charge on any atom is 0.305 e. The third-order valence-electron chi connectivity index (χ3n) is 2.66. The Bertz CT molecular complexity index is 430. The second-order valence-corrected chi connectivity index (χ2v) is 4.00. The van der Waals surface area contributed by atoms with Gasteiger partial charge < -0.3 is 10.0 Å². The number of aromatic nitrogens is 3. The summed E-state index contributed by atoms with van der Waals surface area (Å²) >= 11 is 0. The van der Waals surface area contributed by atoms with Gasteiger partial charge in [0.1, 0.15) is 5.82 Å². The fourth-order valence-electron chi connectivity index (χ4n) is 1.70. The van der Waals surface area contributed by atoms with E-state index >= 15 is 0 Å². The Morgan fingerprint density at radius 3 is 2.56 bits per heavy atom. The third-order valence-corrected chi connectivity index (χ3v) is 2.66. The van der Waals surface area contributed by atoms with E-state index < -0.39 is 5.97 Å². The van der Waals surface area contributed by atoms with Crippen LogP contribution in [-0.2, 0) is 11.2 Å². The van der Waals surface area contributed by atoms with Crippen LogP contribution < -0.4 is 0 Å². The van der Waals surface area contributed by atoms with E-state index in [0.717, 1.165) is 0 Å². The van der Waals surface area contributed by atoms with Crippen LogP contribution in [0.1, 0.15) is 43.6 Å². The van der Waals surface area contributed by atoms with Gasteiger partial charge in [0.2, 0.25) is 5.82 Å². The van der Waals surface area contributed by atoms with E-state index in [0.29, 0.717) is 18.8 Å². The lowest BCUT2D eigenvalue weighted by atomic mass is 10.2. The minimum atomic E-state index is -0.932. The number of H-pyrrole nitrogens is 1. The van der Waals surface area contributed by atoms with Gasteiger partial charge in [-0.2, -0.15) is 0 Å². The number of hydrogen-bond donors (Lipinski definition) is 2. The molecular formula is C11H18N4O3. The highest BCUT2D eigenvalue weighted by Crippen LogP contribution is 2.08. The van der Waals surface area contributed by atoms with Crippen molar-refractivity contribution in [3.05, 3.63) is 11.6 Å². The zero-order valence-electron chi connectivity index (χ0n) is 10.8. The topological polar surface area (TPSA) is 99.2 Å². The molecule has 1 unspecified atom stereocenters. The molecule has 1 heterocycles. The number of carboxylic acids is 1. The van der Waals surface area contributed by atoms with Crippen molar-refractivity contribution in [2.24, 2.45) is 0 Å². The van der Waals surface area contributed by atoms with Crippen LogP contribution in [-0.4, -0.2) is 49.7 Å². The first-order valence-electron chi connectivity index (χ1n) is 5.93. The number of nitrogens with zero attached hydrogens (tertiary/aromatic N) is 3. The van der Waals surface area contributed by atoms with Gasteiger partial charge in [-0.05, 0) is 13.8 Å². The number of nitrogens with one attached hydrogen (secondary N) is 1. The zero-order chi connectivity index (χ0) is 13.7. The van der Waals surface area contributed by atoms with Crippen LogP contribution in [0.5, 0.6) is 0 Å². The van der Waals surface area contributed by atoms with Gasteiger partial charge in [0.25, 0.3) is 5.91 Å². The molecule has 0 aliphatic heterocycles. The zero-order valence-corrected chi connectivity index (χ0v) is 10.8. The number of aromatic amines is 1. The van der Waals surface area contributed by atoms with Crippen LogP contribution in [0.2, 0.25) is 0 Å². The molecule has 100 valence electrons. The van der Waals surface area contributed by atoms with Gasteiger partial charge in [-0.3, -0.25) is 14.7 Å². The van der Waals surface area contributed by atoms with Gasteiger partial charge in [0, 0.05) is 19.0 Å². The predicted molar refractivity (Wildman–Crippen MR) is 64.2 cm³/mol. The molecule has 0 saturated carbocycles. The first-order valence-corrected chi connectivity index (χ1v) is 5.93. The molecular weight excluding hydrogens is 236 g/mol. The molecule has 1 aromatic heterocycles. The minimum Gasteiger partial charge on any atom is -0.481 e. The third kappa shape index (κ3) is 3.28. The molecule has 1 amide bonds. The summed E-state index contributed by atoms with van der Waals surface area (Å²) in [7, 11) is 0. The van der Waals surface area contributed by atoms with Crippen LogP contribution >= 0.6 is 0 Å². The molecule has 0 aromatic carbocycles. The van der Waals surface area contributed by atoms with Gasteiger partial charge in [0.05, 0.1) is 6.42 Å². The number of hydrogen-bond acceptors (Lipinski definition) is 4. The number of carbonyl (C=O) groups excluding carboxylic acids is 1. The lowest BCUT2D eigenvalue weighted by Crippen LogP contribution is -2.40. The van der Waals surface area contributed by atoms with Crippen LogP contribution in [0.3, 0.4) is 0 Å². The summed E-state index contributed by atoms with van der Waals surface area (Å²) in [6, 6.07) is -0.386. The molecule has 2 N–H and O–H groups in total. The van der Waals surface area contributed by atoms with E-state index in [-0.39, 0.29) is 24.2 Å². The number of aryl methyl sites for hydroxylation is 1. The molecule has 0 aliphatic rings. The average molecular weight is 254 g/mol.